The summed E-state index contributed by atoms with van der Waals surface area (Å²) >= 11 is 0. The van der Waals surface area contributed by atoms with Crippen LogP contribution in [0.15, 0.2) is 48.5 Å². The van der Waals surface area contributed by atoms with Crippen LogP contribution in [-0.4, -0.2) is 75.8 Å². The molecule has 0 saturated carbocycles. The molecule has 0 unspecified atom stereocenters. The maximum Gasteiger partial charge on any atom is 0.707 e. The van der Waals surface area contributed by atoms with Crippen LogP contribution in [-0.2, 0) is 0 Å². The summed E-state index contributed by atoms with van der Waals surface area (Å²) in [5.74, 6) is -2.53. The van der Waals surface area contributed by atoms with E-state index in [-0.39, 0.29) is 41.5 Å². The molecule has 0 aliphatic rings. The van der Waals surface area contributed by atoms with E-state index in [1.165, 1.54) is 48.5 Å². The van der Waals surface area contributed by atoms with Crippen molar-refractivity contribution in [2.24, 2.45) is 0 Å². The summed E-state index contributed by atoms with van der Waals surface area (Å²) < 4.78 is 8.87. The van der Waals surface area contributed by atoms with Crippen molar-refractivity contribution in [2.45, 2.75) is 0 Å². The van der Waals surface area contributed by atoms with E-state index in [1.54, 1.807) is 0 Å². The number of carboxylic acids is 2. The number of carboxylic acid groups (broad SMARTS) is 2. The van der Waals surface area contributed by atoms with Crippen molar-refractivity contribution in [3.63, 3.8) is 0 Å². The van der Waals surface area contributed by atoms with E-state index in [1.807, 2.05) is 0 Å². The van der Waals surface area contributed by atoms with Crippen molar-refractivity contribution in [3.05, 3.63) is 59.7 Å². The van der Waals surface area contributed by atoms with Gasteiger partial charge in [-0.1, -0.05) is 24.3 Å². The van der Waals surface area contributed by atoms with Crippen LogP contribution in [0.5, 0.6) is 11.5 Å². The Morgan fingerprint density at radius 1 is 0.667 bits per heavy atom. The predicted molar refractivity (Wildman–Crippen MR) is 94.2 cm³/mol. The van der Waals surface area contributed by atoms with Gasteiger partial charge in [-0.15, -0.1) is 0 Å². The van der Waals surface area contributed by atoms with Crippen LogP contribution in [0.3, 0.4) is 0 Å². The first-order chi connectivity index (χ1) is 12.2. The Kier molecular flexibility index (Phi) is 10.9. The summed E-state index contributed by atoms with van der Waals surface area (Å²) in [7, 11) is -4.03. The fraction of sp³-hybridized carbons (Fsp3) is 0. The molecule has 0 spiro atoms. The Bertz CT molecular complexity index is 693. The van der Waals surface area contributed by atoms with Crippen LogP contribution in [0.2, 0.25) is 0 Å². The molecule has 6 N–H and O–H groups in total. The van der Waals surface area contributed by atoms with E-state index < -0.39 is 26.6 Å². The summed E-state index contributed by atoms with van der Waals surface area (Å²) in [6.07, 6.45) is 0. The fourth-order valence-corrected chi connectivity index (χ4v) is 1.72. The first-order valence-electron chi connectivity index (χ1n) is 6.92. The topological polar surface area (TPSA) is 174 Å². The van der Waals surface area contributed by atoms with Gasteiger partial charge < -0.3 is 39.6 Å². The first-order valence-corrected chi connectivity index (χ1v) is 6.92. The van der Waals surface area contributed by atoms with Crippen LogP contribution >= 0.6 is 0 Å². The average Bonchev–Trinajstić information content (AvgIpc) is 2.55. The third-order valence-corrected chi connectivity index (χ3v) is 2.70. The maximum atomic E-state index is 10.6. The van der Waals surface area contributed by atoms with Crippen molar-refractivity contribution in [1.82, 2.24) is 0 Å². The van der Waals surface area contributed by atoms with Crippen LogP contribution in [0.4, 0.5) is 0 Å². The third kappa shape index (κ3) is 8.65. The van der Waals surface area contributed by atoms with Gasteiger partial charge in [-0.25, -0.2) is 9.59 Å². The van der Waals surface area contributed by atoms with E-state index in [0.717, 1.165) is 0 Å². The summed E-state index contributed by atoms with van der Waals surface area (Å²) in [5, 5.41) is 51.1. The molecule has 13 heteroatoms. The molecule has 0 amide bonds. The summed E-state index contributed by atoms with van der Waals surface area (Å²) in [4.78, 5) is 21.1. The Labute approximate surface area is 166 Å². The smallest absolute Gasteiger partial charge is 0.511 e. The monoisotopic (exact) mass is 371 g/mol. The van der Waals surface area contributed by atoms with Gasteiger partial charge in [0.05, 0.1) is 11.1 Å². The molecule has 0 saturated heterocycles. The van der Waals surface area contributed by atoms with Gasteiger partial charge in [0.25, 0.3) is 0 Å². The molecule has 10 nitrogen and oxygen atoms in total. The fourth-order valence-electron chi connectivity index (χ4n) is 1.72. The minimum Gasteiger partial charge on any atom is -0.511 e. The number of hydrogen-bond acceptors (Lipinski definition) is 8. The van der Waals surface area contributed by atoms with Crippen molar-refractivity contribution in [3.8, 4) is 11.5 Å². The van der Waals surface area contributed by atoms with Gasteiger partial charge >= 0.3 is 26.6 Å². The zero-order valence-electron chi connectivity index (χ0n) is 14.1. The van der Waals surface area contributed by atoms with Crippen LogP contribution in [0.25, 0.3) is 0 Å². The van der Waals surface area contributed by atoms with E-state index in [4.69, 9.17) is 30.3 Å². The van der Waals surface area contributed by atoms with E-state index in [0.29, 0.717) is 0 Å². The van der Waals surface area contributed by atoms with Gasteiger partial charge in [0.15, 0.2) is 0 Å². The number of hydrogen-bond donors (Lipinski definition) is 6. The molecule has 27 heavy (non-hydrogen) atoms. The minimum absolute atomic E-state index is 0. The maximum absolute atomic E-state index is 10.6. The van der Waals surface area contributed by atoms with Crippen molar-refractivity contribution >= 4 is 45.4 Å². The standard InChI is InChI=1S/2C7H7BO5.Li/c2*9-7(10)5-3-1-2-4-6(5)13-8(11)12;/h2*1-4,11-12H,(H,9,10);. The minimum atomic E-state index is -2.01. The van der Waals surface area contributed by atoms with Crippen molar-refractivity contribution in [1.29, 1.82) is 0 Å². The normalized spacial score (nSPS) is 9.04. The molecular formula is C14H14B2LiO10. The quantitative estimate of drug-likeness (QED) is 0.349. The Hall–Kier alpha value is -2.45. The van der Waals surface area contributed by atoms with Gasteiger partial charge in [0.1, 0.15) is 11.5 Å². The SMILES string of the molecule is O=C(O)c1ccccc1OB(O)O.O=C(O)c1ccccc1OB(O)O.[Li]. The zero-order chi connectivity index (χ0) is 19.7. The van der Waals surface area contributed by atoms with Crippen molar-refractivity contribution < 1.29 is 49.2 Å². The van der Waals surface area contributed by atoms with E-state index in [2.05, 4.69) is 9.31 Å². The molecule has 0 atom stereocenters. The second-order valence-corrected chi connectivity index (χ2v) is 4.49. The molecule has 0 fully saturated rings. The Balaban J connectivity index is 0.000000483. The molecule has 0 aliphatic carbocycles. The van der Waals surface area contributed by atoms with E-state index >= 15 is 0 Å². The molecular weight excluding hydrogens is 357 g/mol. The Morgan fingerprint density at radius 2 is 0.963 bits per heavy atom. The average molecular weight is 371 g/mol. The van der Waals surface area contributed by atoms with Crippen molar-refractivity contribution in [2.75, 3.05) is 0 Å². The number of aromatic carboxylic acids is 2. The molecule has 0 bridgehead atoms. The second kappa shape index (κ2) is 12.0. The number of rotatable bonds is 6. The second-order valence-electron chi connectivity index (χ2n) is 4.49. The molecule has 0 aliphatic heterocycles. The largest absolute Gasteiger partial charge is 0.707 e. The molecule has 2 aromatic carbocycles. The van der Waals surface area contributed by atoms with E-state index in [9.17, 15) is 9.59 Å². The number of carbonyl (C=O) groups is 2. The summed E-state index contributed by atoms with van der Waals surface area (Å²) in [5.41, 5.74) is -0.230. The number of para-hydroxylation sites is 2. The molecule has 137 valence electrons. The van der Waals surface area contributed by atoms with Gasteiger partial charge in [0, 0.05) is 18.9 Å². The van der Waals surface area contributed by atoms with Gasteiger partial charge in [-0.3, -0.25) is 0 Å². The summed E-state index contributed by atoms with van der Waals surface area (Å²) in [6, 6.07) is 11.4. The van der Waals surface area contributed by atoms with Crippen LogP contribution < -0.4 is 9.31 Å². The third-order valence-electron chi connectivity index (χ3n) is 2.70. The van der Waals surface area contributed by atoms with Gasteiger partial charge in [-0.05, 0) is 24.3 Å². The predicted octanol–water partition coefficient (Wildman–Crippen LogP) is -0.915. The zero-order valence-corrected chi connectivity index (χ0v) is 14.1. The molecule has 2 aromatic rings. The summed E-state index contributed by atoms with van der Waals surface area (Å²) in [6.45, 7) is 0. The molecule has 0 heterocycles. The van der Waals surface area contributed by atoms with Gasteiger partial charge in [-0.2, -0.15) is 0 Å². The molecule has 1 radical (unpaired) electrons. The van der Waals surface area contributed by atoms with Crippen LogP contribution in [0, 0.1) is 0 Å². The molecule has 0 aromatic heterocycles. The Morgan fingerprint density at radius 3 is 1.22 bits per heavy atom. The van der Waals surface area contributed by atoms with Crippen LogP contribution in [0.1, 0.15) is 20.7 Å². The number of benzene rings is 2. The first kappa shape index (κ1) is 24.5. The van der Waals surface area contributed by atoms with Gasteiger partial charge in [0.2, 0.25) is 0 Å². The molecule has 2 rings (SSSR count).